The van der Waals surface area contributed by atoms with Gasteiger partial charge in [0.25, 0.3) is 0 Å². The molecule has 2 amide bonds. The summed E-state index contributed by atoms with van der Waals surface area (Å²) in [7, 11) is 1.74. The van der Waals surface area contributed by atoms with Gasteiger partial charge in [-0.2, -0.15) is 0 Å². The minimum atomic E-state index is -0.598. The number of carbonyl (C=O) groups excluding carboxylic acids is 1. The van der Waals surface area contributed by atoms with Crippen LogP contribution in [0.5, 0.6) is 0 Å². The molecule has 5 heteroatoms. The summed E-state index contributed by atoms with van der Waals surface area (Å²) >= 11 is 0. The first-order valence-corrected chi connectivity index (χ1v) is 5.89. The van der Waals surface area contributed by atoms with Gasteiger partial charge in [0.1, 0.15) is 5.84 Å². The monoisotopic (exact) mass is 226 g/mol. The molecule has 1 rings (SSSR count). The maximum Gasteiger partial charge on any atom is 0.317 e. The third kappa shape index (κ3) is 2.65. The molecule has 0 saturated heterocycles. The Bertz CT molecular complexity index is 271. The van der Waals surface area contributed by atoms with Gasteiger partial charge in [0, 0.05) is 13.6 Å². The number of urea groups is 1. The number of nitrogens with one attached hydrogen (secondary N) is 2. The van der Waals surface area contributed by atoms with Crippen molar-refractivity contribution in [2.45, 2.75) is 44.6 Å². The molecule has 0 aromatic heterocycles. The molecule has 0 unspecified atom stereocenters. The lowest BCUT2D eigenvalue weighted by Gasteiger charge is -2.38. The van der Waals surface area contributed by atoms with Crippen molar-refractivity contribution < 1.29 is 4.79 Å². The van der Waals surface area contributed by atoms with Gasteiger partial charge in [-0.1, -0.05) is 19.3 Å². The maximum atomic E-state index is 11.8. The maximum absolute atomic E-state index is 11.8. The molecule has 0 aromatic carbocycles. The van der Waals surface area contributed by atoms with Crippen LogP contribution in [0, 0.1) is 5.41 Å². The van der Waals surface area contributed by atoms with Crippen LogP contribution in [0.2, 0.25) is 0 Å². The second kappa shape index (κ2) is 5.18. The van der Waals surface area contributed by atoms with Crippen molar-refractivity contribution >= 4 is 11.9 Å². The minimum absolute atomic E-state index is 0.0880. The van der Waals surface area contributed by atoms with Gasteiger partial charge in [0.05, 0.1) is 5.54 Å². The fourth-order valence-corrected chi connectivity index (χ4v) is 2.06. The van der Waals surface area contributed by atoms with Crippen molar-refractivity contribution in [1.82, 2.24) is 10.2 Å². The molecule has 92 valence electrons. The highest BCUT2D eigenvalue weighted by molar-refractivity contribution is 5.91. The summed E-state index contributed by atoms with van der Waals surface area (Å²) in [4.78, 5) is 13.4. The lowest BCUT2D eigenvalue weighted by atomic mass is 9.81. The lowest BCUT2D eigenvalue weighted by Crippen LogP contribution is -2.60. The van der Waals surface area contributed by atoms with E-state index >= 15 is 0 Å². The molecule has 5 nitrogen and oxygen atoms in total. The molecule has 16 heavy (non-hydrogen) atoms. The Morgan fingerprint density at radius 3 is 2.44 bits per heavy atom. The number of rotatable bonds is 3. The van der Waals surface area contributed by atoms with Crippen LogP contribution < -0.4 is 11.1 Å². The number of amides is 2. The molecular weight excluding hydrogens is 204 g/mol. The van der Waals surface area contributed by atoms with Crippen molar-refractivity contribution in [2.24, 2.45) is 5.73 Å². The molecule has 1 aliphatic carbocycles. The van der Waals surface area contributed by atoms with E-state index in [0.717, 1.165) is 32.1 Å². The standard InChI is InChI=1S/C11H22N4O/c1-3-15(2)10(16)14-11(9(12)13)7-5-4-6-8-11/h3-8H2,1-2H3,(H3,12,13)(H,14,16). The quantitative estimate of drug-likeness (QED) is 0.500. The summed E-state index contributed by atoms with van der Waals surface area (Å²) in [5.74, 6) is 0.0880. The van der Waals surface area contributed by atoms with Crippen LogP contribution in [-0.2, 0) is 0 Å². The Hall–Kier alpha value is -1.26. The lowest BCUT2D eigenvalue weighted by molar-refractivity contribution is 0.195. The number of hydrogen-bond donors (Lipinski definition) is 3. The van der Waals surface area contributed by atoms with Crippen LogP contribution in [0.3, 0.4) is 0 Å². The van der Waals surface area contributed by atoms with Crippen molar-refractivity contribution in [3.05, 3.63) is 0 Å². The van der Waals surface area contributed by atoms with Gasteiger partial charge in [-0.15, -0.1) is 0 Å². The Balaban J connectivity index is 2.71. The zero-order chi connectivity index (χ0) is 12.2. The molecule has 0 spiro atoms. The SMILES string of the molecule is CCN(C)C(=O)NC1(C(=N)N)CCCCC1. The first kappa shape index (κ1) is 12.8. The topological polar surface area (TPSA) is 82.2 Å². The fourth-order valence-electron chi connectivity index (χ4n) is 2.06. The van der Waals surface area contributed by atoms with Crippen LogP contribution in [0.1, 0.15) is 39.0 Å². The Morgan fingerprint density at radius 2 is 2.00 bits per heavy atom. The van der Waals surface area contributed by atoms with Crippen LogP contribution in [0.4, 0.5) is 4.79 Å². The summed E-state index contributed by atoms with van der Waals surface area (Å²) in [5.41, 5.74) is 5.04. The average molecular weight is 226 g/mol. The summed E-state index contributed by atoms with van der Waals surface area (Å²) in [5, 5.41) is 10.6. The summed E-state index contributed by atoms with van der Waals surface area (Å²) < 4.78 is 0. The highest BCUT2D eigenvalue weighted by Gasteiger charge is 2.37. The molecule has 0 aliphatic heterocycles. The molecule has 0 bridgehead atoms. The van der Waals surface area contributed by atoms with Crippen molar-refractivity contribution in [1.29, 1.82) is 5.41 Å². The molecule has 0 radical (unpaired) electrons. The van der Waals surface area contributed by atoms with E-state index in [1.807, 2.05) is 6.92 Å². The molecule has 0 heterocycles. The van der Waals surface area contributed by atoms with E-state index in [9.17, 15) is 4.79 Å². The van der Waals surface area contributed by atoms with E-state index < -0.39 is 5.54 Å². The first-order valence-electron chi connectivity index (χ1n) is 5.89. The van der Waals surface area contributed by atoms with Crippen LogP contribution in [0.15, 0.2) is 0 Å². The second-order valence-electron chi connectivity index (χ2n) is 4.50. The summed E-state index contributed by atoms with van der Waals surface area (Å²) in [6.07, 6.45) is 4.77. The highest BCUT2D eigenvalue weighted by Crippen LogP contribution is 2.28. The van der Waals surface area contributed by atoms with Crippen molar-refractivity contribution in [2.75, 3.05) is 13.6 Å². The molecular formula is C11H22N4O. The number of nitrogens with two attached hydrogens (primary N) is 1. The van der Waals surface area contributed by atoms with E-state index in [1.165, 1.54) is 0 Å². The van der Waals surface area contributed by atoms with Gasteiger partial charge in [0.15, 0.2) is 0 Å². The van der Waals surface area contributed by atoms with Gasteiger partial charge >= 0.3 is 6.03 Å². The minimum Gasteiger partial charge on any atom is -0.386 e. The highest BCUT2D eigenvalue weighted by atomic mass is 16.2. The van der Waals surface area contributed by atoms with E-state index in [4.69, 9.17) is 11.1 Å². The van der Waals surface area contributed by atoms with Gasteiger partial charge in [0.2, 0.25) is 0 Å². The molecule has 0 aromatic rings. The largest absolute Gasteiger partial charge is 0.386 e. The van der Waals surface area contributed by atoms with Gasteiger partial charge in [-0.25, -0.2) is 4.79 Å². The van der Waals surface area contributed by atoms with E-state index in [1.54, 1.807) is 11.9 Å². The average Bonchev–Trinajstić information content (AvgIpc) is 2.28. The zero-order valence-electron chi connectivity index (χ0n) is 10.2. The molecule has 1 saturated carbocycles. The molecule has 1 fully saturated rings. The zero-order valence-corrected chi connectivity index (χ0v) is 10.2. The third-order valence-electron chi connectivity index (χ3n) is 3.39. The van der Waals surface area contributed by atoms with E-state index in [0.29, 0.717) is 6.54 Å². The molecule has 1 aliphatic rings. The van der Waals surface area contributed by atoms with Crippen molar-refractivity contribution in [3.63, 3.8) is 0 Å². The first-order chi connectivity index (χ1) is 7.52. The van der Waals surface area contributed by atoms with Gasteiger partial charge in [-0.3, -0.25) is 5.41 Å². The normalized spacial score (nSPS) is 18.9. The number of amidine groups is 1. The predicted molar refractivity (Wildman–Crippen MR) is 64.6 cm³/mol. The second-order valence-corrected chi connectivity index (χ2v) is 4.50. The fraction of sp³-hybridized carbons (Fsp3) is 0.818. The predicted octanol–water partition coefficient (Wildman–Crippen LogP) is 1.29. The third-order valence-corrected chi connectivity index (χ3v) is 3.39. The number of carbonyl (C=O) groups is 1. The Labute approximate surface area is 96.9 Å². The molecule has 0 atom stereocenters. The van der Waals surface area contributed by atoms with Gasteiger partial charge < -0.3 is 16.0 Å². The smallest absolute Gasteiger partial charge is 0.317 e. The van der Waals surface area contributed by atoms with E-state index in [2.05, 4.69) is 5.32 Å². The van der Waals surface area contributed by atoms with Gasteiger partial charge in [-0.05, 0) is 19.8 Å². The Morgan fingerprint density at radius 1 is 1.44 bits per heavy atom. The summed E-state index contributed by atoms with van der Waals surface area (Å²) in [6, 6.07) is -0.139. The number of hydrogen-bond acceptors (Lipinski definition) is 2. The van der Waals surface area contributed by atoms with Crippen LogP contribution in [-0.4, -0.2) is 35.9 Å². The van der Waals surface area contributed by atoms with E-state index in [-0.39, 0.29) is 11.9 Å². The van der Waals surface area contributed by atoms with Crippen molar-refractivity contribution in [3.8, 4) is 0 Å². The summed E-state index contributed by atoms with van der Waals surface area (Å²) in [6.45, 7) is 2.57. The van der Waals surface area contributed by atoms with Crippen LogP contribution in [0.25, 0.3) is 0 Å². The number of nitrogens with zero attached hydrogens (tertiary/aromatic N) is 1. The molecule has 4 N–H and O–H groups in total. The Kier molecular flexibility index (Phi) is 4.15. The van der Waals surface area contributed by atoms with Crippen LogP contribution >= 0.6 is 0 Å².